The van der Waals surface area contributed by atoms with Crippen LogP contribution in [0.1, 0.15) is 18.1 Å². The predicted octanol–water partition coefficient (Wildman–Crippen LogP) is 2.37. The van der Waals surface area contributed by atoms with E-state index >= 15 is 0 Å². The summed E-state index contributed by atoms with van der Waals surface area (Å²) in [6.45, 7) is 0. The van der Waals surface area contributed by atoms with E-state index in [2.05, 4.69) is 0 Å². The van der Waals surface area contributed by atoms with Gasteiger partial charge in [0, 0.05) is 6.08 Å². The highest BCUT2D eigenvalue weighted by atomic mass is 19.1. The van der Waals surface area contributed by atoms with E-state index in [1.165, 1.54) is 24.5 Å². The van der Waals surface area contributed by atoms with E-state index in [4.69, 9.17) is 4.74 Å². The molecule has 1 aromatic carbocycles. The van der Waals surface area contributed by atoms with Gasteiger partial charge in [-0.2, -0.15) is 0 Å². The van der Waals surface area contributed by atoms with Crippen molar-refractivity contribution in [2.24, 2.45) is 0 Å². The minimum atomic E-state index is -0.286. The van der Waals surface area contributed by atoms with Crippen LogP contribution >= 0.6 is 0 Å². The average molecular weight is 192 g/mol. The maximum Gasteiger partial charge on any atom is 0.162 e. The summed E-state index contributed by atoms with van der Waals surface area (Å²) < 4.78 is 17.9. The second-order valence-electron chi connectivity index (χ2n) is 3.15. The Kier molecular flexibility index (Phi) is 2.31. The van der Waals surface area contributed by atoms with Crippen molar-refractivity contribution in [3.8, 4) is 0 Å². The van der Waals surface area contributed by atoms with Gasteiger partial charge >= 0.3 is 0 Å². The lowest BCUT2D eigenvalue weighted by Gasteiger charge is -2.18. The van der Waals surface area contributed by atoms with Gasteiger partial charge in [-0.3, -0.25) is 4.79 Å². The van der Waals surface area contributed by atoms with Crippen LogP contribution in [0, 0.1) is 5.82 Å². The fourth-order valence-electron chi connectivity index (χ4n) is 1.38. The Morgan fingerprint density at radius 3 is 2.64 bits per heavy atom. The van der Waals surface area contributed by atoms with Gasteiger partial charge in [-0.15, -0.1) is 0 Å². The lowest BCUT2D eigenvalue weighted by atomic mass is 10.0. The molecule has 2 rings (SSSR count). The van der Waals surface area contributed by atoms with Crippen LogP contribution in [-0.2, 0) is 9.53 Å². The molecule has 0 amide bonds. The van der Waals surface area contributed by atoms with E-state index in [1.54, 1.807) is 12.1 Å². The highest BCUT2D eigenvalue weighted by molar-refractivity contribution is 5.90. The molecule has 1 unspecified atom stereocenters. The number of rotatable bonds is 1. The number of hydrogen-bond donors (Lipinski definition) is 0. The summed E-state index contributed by atoms with van der Waals surface area (Å²) in [4.78, 5) is 11.1. The van der Waals surface area contributed by atoms with Crippen LogP contribution in [0.2, 0.25) is 0 Å². The molecule has 0 saturated heterocycles. The van der Waals surface area contributed by atoms with Crippen LogP contribution < -0.4 is 0 Å². The minimum Gasteiger partial charge on any atom is -0.493 e. The maximum absolute atomic E-state index is 12.6. The second kappa shape index (κ2) is 3.62. The van der Waals surface area contributed by atoms with Crippen LogP contribution in [0.5, 0.6) is 0 Å². The maximum atomic E-state index is 12.6. The van der Waals surface area contributed by atoms with E-state index in [0.717, 1.165) is 5.56 Å². The zero-order valence-corrected chi connectivity index (χ0v) is 7.44. The third-order valence-electron chi connectivity index (χ3n) is 2.13. The van der Waals surface area contributed by atoms with Crippen molar-refractivity contribution in [2.45, 2.75) is 12.5 Å². The largest absolute Gasteiger partial charge is 0.493 e. The molecule has 1 heterocycles. The van der Waals surface area contributed by atoms with Gasteiger partial charge in [0.05, 0.1) is 12.7 Å². The first-order chi connectivity index (χ1) is 6.75. The normalized spacial score (nSPS) is 20.6. The Morgan fingerprint density at radius 1 is 1.29 bits per heavy atom. The zero-order chi connectivity index (χ0) is 9.97. The average Bonchev–Trinajstić information content (AvgIpc) is 2.19. The fraction of sp³-hybridized carbons (Fsp3) is 0.182. The third kappa shape index (κ3) is 1.82. The van der Waals surface area contributed by atoms with Gasteiger partial charge in [0.1, 0.15) is 11.9 Å². The number of carbonyl (C=O) groups excluding carboxylic acids is 1. The van der Waals surface area contributed by atoms with E-state index in [-0.39, 0.29) is 17.7 Å². The molecule has 1 aliphatic heterocycles. The van der Waals surface area contributed by atoms with Crippen molar-refractivity contribution < 1.29 is 13.9 Å². The Bertz CT molecular complexity index is 367. The molecule has 72 valence electrons. The van der Waals surface area contributed by atoms with Crippen LogP contribution in [0.3, 0.4) is 0 Å². The molecule has 2 nitrogen and oxygen atoms in total. The summed E-state index contributed by atoms with van der Waals surface area (Å²) in [5.41, 5.74) is 0.823. The first kappa shape index (κ1) is 8.94. The molecule has 0 spiro atoms. The molecule has 14 heavy (non-hydrogen) atoms. The van der Waals surface area contributed by atoms with Gasteiger partial charge in [-0.05, 0) is 17.7 Å². The number of hydrogen-bond acceptors (Lipinski definition) is 2. The monoisotopic (exact) mass is 192 g/mol. The Balaban J connectivity index is 2.19. The summed E-state index contributed by atoms with van der Waals surface area (Å²) in [7, 11) is 0. The van der Waals surface area contributed by atoms with Crippen molar-refractivity contribution in [1.29, 1.82) is 0 Å². The number of carbonyl (C=O) groups is 1. The van der Waals surface area contributed by atoms with Crippen molar-refractivity contribution in [1.82, 2.24) is 0 Å². The summed E-state index contributed by atoms with van der Waals surface area (Å²) in [6.07, 6.45) is 2.84. The van der Waals surface area contributed by atoms with Crippen LogP contribution in [-0.4, -0.2) is 5.78 Å². The van der Waals surface area contributed by atoms with E-state index in [1.807, 2.05) is 0 Å². The lowest BCUT2D eigenvalue weighted by Crippen LogP contribution is -2.11. The molecule has 1 atom stereocenters. The van der Waals surface area contributed by atoms with Crippen LogP contribution in [0.15, 0.2) is 36.6 Å². The van der Waals surface area contributed by atoms with Crippen molar-refractivity contribution in [3.05, 3.63) is 48.0 Å². The van der Waals surface area contributed by atoms with Gasteiger partial charge < -0.3 is 4.74 Å². The first-order valence-electron chi connectivity index (χ1n) is 4.36. The highest BCUT2D eigenvalue weighted by Gasteiger charge is 2.18. The van der Waals surface area contributed by atoms with Gasteiger partial charge in [-0.25, -0.2) is 4.39 Å². The van der Waals surface area contributed by atoms with Gasteiger partial charge in [0.15, 0.2) is 5.78 Å². The zero-order valence-electron chi connectivity index (χ0n) is 7.44. The summed E-state index contributed by atoms with van der Waals surface area (Å²) in [6, 6.07) is 5.99. The SMILES string of the molecule is O=C1C=COC(c2ccc(F)cc2)C1. The second-order valence-corrected chi connectivity index (χ2v) is 3.15. The fourth-order valence-corrected chi connectivity index (χ4v) is 1.38. The van der Waals surface area contributed by atoms with E-state index < -0.39 is 0 Å². The molecule has 0 saturated carbocycles. The lowest BCUT2D eigenvalue weighted by molar-refractivity contribution is -0.118. The van der Waals surface area contributed by atoms with Gasteiger partial charge in [-0.1, -0.05) is 12.1 Å². The molecular weight excluding hydrogens is 183 g/mol. The smallest absolute Gasteiger partial charge is 0.162 e. The summed E-state index contributed by atoms with van der Waals surface area (Å²) in [5.74, 6) is -0.253. The molecular formula is C11H9FO2. The topological polar surface area (TPSA) is 26.3 Å². The summed E-state index contributed by atoms with van der Waals surface area (Å²) >= 11 is 0. The van der Waals surface area contributed by atoms with Crippen LogP contribution in [0.4, 0.5) is 4.39 Å². The van der Waals surface area contributed by atoms with E-state index in [9.17, 15) is 9.18 Å². The van der Waals surface area contributed by atoms with Crippen molar-refractivity contribution in [2.75, 3.05) is 0 Å². The number of benzene rings is 1. The number of ketones is 1. The predicted molar refractivity (Wildman–Crippen MR) is 49.0 cm³/mol. The molecule has 0 N–H and O–H groups in total. The Labute approximate surface area is 81.0 Å². The first-order valence-corrected chi connectivity index (χ1v) is 4.36. The van der Waals surface area contributed by atoms with E-state index in [0.29, 0.717) is 6.42 Å². The highest BCUT2D eigenvalue weighted by Crippen LogP contribution is 2.24. The molecule has 0 bridgehead atoms. The third-order valence-corrected chi connectivity index (χ3v) is 2.13. The molecule has 0 aliphatic carbocycles. The summed E-state index contributed by atoms with van der Waals surface area (Å²) in [5, 5.41) is 0. The standard InChI is InChI=1S/C11H9FO2/c12-9-3-1-8(2-4-9)11-7-10(13)5-6-14-11/h1-6,11H,7H2. The number of ether oxygens (including phenoxy) is 1. The van der Waals surface area contributed by atoms with Crippen LogP contribution in [0.25, 0.3) is 0 Å². The molecule has 0 aromatic heterocycles. The molecule has 0 radical (unpaired) electrons. The van der Waals surface area contributed by atoms with Crippen molar-refractivity contribution >= 4 is 5.78 Å². The Hall–Kier alpha value is -1.64. The molecule has 1 aromatic rings. The molecule has 1 aliphatic rings. The van der Waals surface area contributed by atoms with Gasteiger partial charge in [0.2, 0.25) is 0 Å². The quantitative estimate of drug-likeness (QED) is 0.682. The van der Waals surface area contributed by atoms with Crippen molar-refractivity contribution in [3.63, 3.8) is 0 Å². The number of allylic oxidation sites excluding steroid dienone is 1. The van der Waals surface area contributed by atoms with Gasteiger partial charge in [0.25, 0.3) is 0 Å². The molecule has 3 heteroatoms. The number of halogens is 1. The minimum absolute atomic E-state index is 0.0329. The molecule has 0 fully saturated rings. The Morgan fingerprint density at radius 2 is 2.00 bits per heavy atom.